The molecule has 0 saturated carbocycles. The number of carbonyl (C=O) groups excluding carboxylic acids is 2. The van der Waals surface area contributed by atoms with Gasteiger partial charge in [-0.25, -0.2) is 22.5 Å². The molecule has 1 amide bonds. The highest BCUT2D eigenvalue weighted by molar-refractivity contribution is 7.89. The quantitative estimate of drug-likeness (QED) is 0.635. The third kappa shape index (κ3) is 5.37. The van der Waals surface area contributed by atoms with Crippen molar-refractivity contribution < 1.29 is 22.7 Å². The third-order valence-electron chi connectivity index (χ3n) is 3.68. The zero-order valence-electron chi connectivity index (χ0n) is 15.5. The van der Waals surface area contributed by atoms with E-state index in [2.05, 4.69) is 10.3 Å². The van der Waals surface area contributed by atoms with Gasteiger partial charge in [0.05, 0.1) is 20.0 Å². The minimum Gasteiger partial charge on any atom is -0.451 e. The first kappa shape index (κ1) is 23.4. The molecule has 1 aromatic heterocycles. The second-order valence-corrected chi connectivity index (χ2v) is 9.26. The molecule has 29 heavy (non-hydrogen) atoms. The largest absolute Gasteiger partial charge is 0.451 e. The predicted molar refractivity (Wildman–Crippen MR) is 110 cm³/mol. The first-order valence-corrected chi connectivity index (χ1v) is 10.5. The van der Waals surface area contributed by atoms with E-state index in [0.29, 0.717) is 5.56 Å². The number of hydrogen-bond donors (Lipinski definition) is 1. The van der Waals surface area contributed by atoms with Gasteiger partial charge in [0.25, 0.3) is 5.91 Å². The number of benzene rings is 1. The Morgan fingerprint density at radius 2 is 1.83 bits per heavy atom. The molecule has 0 unspecified atom stereocenters. The summed E-state index contributed by atoms with van der Waals surface area (Å²) in [6, 6.07) is 4.40. The van der Waals surface area contributed by atoms with E-state index in [0.717, 1.165) is 10.5 Å². The maximum Gasteiger partial charge on any atom is 0.359 e. The summed E-state index contributed by atoms with van der Waals surface area (Å²) >= 11 is 17.5. The number of pyridine rings is 1. The molecule has 1 aromatic carbocycles. The van der Waals surface area contributed by atoms with Crippen LogP contribution in [-0.4, -0.2) is 50.3 Å². The molecule has 2 aromatic rings. The molecule has 0 fully saturated rings. The number of carbonyl (C=O) groups is 2. The number of nitrogens with zero attached hydrogens (tertiary/aromatic N) is 2. The maximum atomic E-state index is 12.4. The Hall–Kier alpha value is -1.91. The summed E-state index contributed by atoms with van der Waals surface area (Å²) in [6.45, 7) is 0.985. The number of ether oxygens (including phenoxy) is 1. The number of nitrogens with one attached hydrogen (secondary N) is 1. The SMILES string of the molecule is Cc1ccc(NC(=O)COC(=O)c2ncc(Cl)c(Cl)c2Cl)cc1S(=O)(=O)N(C)C. The van der Waals surface area contributed by atoms with Crippen LogP contribution in [0.25, 0.3) is 0 Å². The van der Waals surface area contributed by atoms with Crippen molar-refractivity contribution in [1.29, 1.82) is 0 Å². The highest BCUT2D eigenvalue weighted by atomic mass is 35.5. The molecule has 12 heteroatoms. The molecule has 0 atom stereocenters. The monoisotopic (exact) mass is 479 g/mol. The zero-order valence-corrected chi connectivity index (χ0v) is 18.6. The minimum atomic E-state index is -3.69. The second kappa shape index (κ2) is 9.27. The molecule has 0 saturated heterocycles. The van der Waals surface area contributed by atoms with Crippen LogP contribution in [0.1, 0.15) is 16.1 Å². The zero-order chi connectivity index (χ0) is 21.9. The molecule has 8 nitrogen and oxygen atoms in total. The molecule has 0 aliphatic carbocycles. The lowest BCUT2D eigenvalue weighted by molar-refractivity contribution is -0.119. The molecule has 2 rings (SSSR count). The number of halogens is 3. The van der Waals surface area contributed by atoms with E-state index in [9.17, 15) is 18.0 Å². The van der Waals surface area contributed by atoms with Crippen LogP contribution in [0.2, 0.25) is 15.1 Å². The van der Waals surface area contributed by atoms with Crippen molar-refractivity contribution in [3.63, 3.8) is 0 Å². The van der Waals surface area contributed by atoms with Crippen LogP contribution >= 0.6 is 34.8 Å². The molecule has 0 bridgehead atoms. The molecule has 1 N–H and O–H groups in total. The Balaban J connectivity index is 2.09. The standard InChI is InChI=1S/C17H16Cl3N3O5S/c1-9-4-5-10(6-12(9)29(26,27)23(2)3)22-13(24)8-28-17(25)16-15(20)14(19)11(18)7-21-16/h4-7H,8H2,1-3H3,(H,22,24). The fourth-order valence-corrected chi connectivity index (χ4v) is 3.84. The van der Waals surface area contributed by atoms with E-state index in [1.165, 1.54) is 26.2 Å². The lowest BCUT2D eigenvalue weighted by Gasteiger charge is -2.15. The van der Waals surface area contributed by atoms with E-state index in [1.807, 2.05) is 0 Å². The van der Waals surface area contributed by atoms with Crippen molar-refractivity contribution in [2.75, 3.05) is 26.0 Å². The predicted octanol–water partition coefficient (Wildman–Crippen LogP) is 3.40. The van der Waals surface area contributed by atoms with Crippen LogP contribution in [0.15, 0.2) is 29.3 Å². The minimum absolute atomic E-state index is 0.0454. The lowest BCUT2D eigenvalue weighted by Crippen LogP contribution is -2.24. The Kier molecular flexibility index (Phi) is 7.47. The van der Waals surface area contributed by atoms with Crippen molar-refractivity contribution in [2.45, 2.75) is 11.8 Å². The van der Waals surface area contributed by atoms with E-state index in [-0.39, 0.29) is 31.3 Å². The van der Waals surface area contributed by atoms with Gasteiger partial charge in [0.2, 0.25) is 10.0 Å². The van der Waals surface area contributed by atoms with E-state index in [1.54, 1.807) is 13.0 Å². The van der Waals surface area contributed by atoms with E-state index >= 15 is 0 Å². The fraction of sp³-hybridized carbons (Fsp3) is 0.235. The number of aryl methyl sites for hydroxylation is 1. The highest BCUT2D eigenvalue weighted by Crippen LogP contribution is 2.31. The number of anilines is 1. The van der Waals surface area contributed by atoms with Crippen LogP contribution < -0.4 is 5.32 Å². The average molecular weight is 481 g/mol. The molecular formula is C17H16Cl3N3O5S. The summed E-state index contributed by atoms with van der Waals surface area (Å²) in [7, 11) is -0.881. The van der Waals surface area contributed by atoms with E-state index in [4.69, 9.17) is 39.5 Å². The molecule has 0 aliphatic rings. The number of aromatic nitrogens is 1. The van der Waals surface area contributed by atoms with Gasteiger partial charge in [-0.15, -0.1) is 0 Å². The normalized spacial score (nSPS) is 11.4. The summed E-state index contributed by atoms with van der Waals surface area (Å²) in [5.41, 5.74) is 0.454. The number of rotatable bonds is 6. The first-order chi connectivity index (χ1) is 13.4. The van der Waals surface area contributed by atoms with Crippen molar-refractivity contribution in [3.8, 4) is 0 Å². The second-order valence-electron chi connectivity index (χ2n) is 5.97. The van der Waals surface area contributed by atoms with Gasteiger partial charge < -0.3 is 10.1 Å². The van der Waals surface area contributed by atoms with Crippen LogP contribution in [0.5, 0.6) is 0 Å². The molecule has 0 radical (unpaired) electrons. The number of esters is 1. The van der Waals surface area contributed by atoms with Crippen molar-refractivity contribution in [2.24, 2.45) is 0 Å². The highest BCUT2D eigenvalue weighted by Gasteiger charge is 2.22. The van der Waals surface area contributed by atoms with Gasteiger partial charge in [-0.05, 0) is 24.6 Å². The topological polar surface area (TPSA) is 106 Å². The average Bonchev–Trinajstić information content (AvgIpc) is 2.65. The molecular weight excluding hydrogens is 465 g/mol. The van der Waals surface area contributed by atoms with Crippen LogP contribution in [0.4, 0.5) is 5.69 Å². The molecule has 1 heterocycles. The summed E-state index contributed by atoms with van der Waals surface area (Å²) in [4.78, 5) is 27.9. The fourth-order valence-electron chi connectivity index (χ4n) is 2.13. The van der Waals surface area contributed by atoms with Gasteiger partial charge in [0.15, 0.2) is 12.3 Å². The first-order valence-electron chi connectivity index (χ1n) is 7.94. The Labute approximate surface area is 182 Å². The number of sulfonamides is 1. The van der Waals surface area contributed by atoms with Crippen LogP contribution in [-0.2, 0) is 19.6 Å². The summed E-state index contributed by atoms with van der Waals surface area (Å²) in [5.74, 6) is -1.66. The van der Waals surface area contributed by atoms with Gasteiger partial charge in [0, 0.05) is 26.0 Å². The van der Waals surface area contributed by atoms with Gasteiger partial charge >= 0.3 is 5.97 Å². The summed E-state index contributed by atoms with van der Waals surface area (Å²) in [6.07, 6.45) is 1.13. The number of hydrogen-bond acceptors (Lipinski definition) is 6. The van der Waals surface area contributed by atoms with Crippen LogP contribution in [0.3, 0.4) is 0 Å². The maximum absolute atomic E-state index is 12.4. The van der Waals surface area contributed by atoms with Crippen molar-refractivity contribution in [1.82, 2.24) is 9.29 Å². The Morgan fingerprint density at radius 1 is 1.17 bits per heavy atom. The molecule has 0 spiro atoms. The third-order valence-corrected chi connectivity index (χ3v) is 6.87. The van der Waals surface area contributed by atoms with Gasteiger partial charge in [0.1, 0.15) is 0 Å². The lowest BCUT2D eigenvalue weighted by atomic mass is 10.2. The van der Waals surface area contributed by atoms with Crippen LogP contribution in [0, 0.1) is 6.92 Å². The molecule has 156 valence electrons. The van der Waals surface area contributed by atoms with Gasteiger partial charge in [-0.2, -0.15) is 0 Å². The smallest absolute Gasteiger partial charge is 0.359 e. The number of amides is 1. The van der Waals surface area contributed by atoms with Crippen molar-refractivity contribution >= 4 is 62.4 Å². The Morgan fingerprint density at radius 3 is 2.45 bits per heavy atom. The summed E-state index contributed by atoms with van der Waals surface area (Å²) < 4.78 is 30.6. The van der Waals surface area contributed by atoms with Gasteiger partial charge in [-0.1, -0.05) is 40.9 Å². The molecule has 0 aliphatic heterocycles. The van der Waals surface area contributed by atoms with Crippen molar-refractivity contribution in [3.05, 3.63) is 50.7 Å². The van der Waals surface area contributed by atoms with E-state index < -0.39 is 28.5 Å². The Bertz CT molecular complexity index is 1070. The van der Waals surface area contributed by atoms with Gasteiger partial charge in [-0.3, -0.25) is 4.79 Å². The summed E-state index contributed by atoms with van der Waals surface area (Å²) in [5, 5.41) is 2.27.